The smallest absolute Gasteiger partial charge is 0.237 e. The summed E-state index contributed by atoms with van der Waals surface area (Å²) in [6, 6.07) is 7.73. The van der Waals surface area contributed by atoms with Crippen LogP contribution in [-0.4, -0.2) is 32.0 Å². The van der Waals surface area contributed by atoms with Gasteiger partial charge in [-0.2, -0.15) is 4.98 Å². The number of aromatic nitrogens is 5. The highest BCUT2D eigenvalue weighted by molar-refractivity contribution is 7.98. The van der Waals surface area contributed by atoms with Crippen LogP contribution in [0.1, 0.15) is 11.7 Å². The Morgan fingerprint density at radius 3 is 2.91 bits per heavy atom. The third-order valence-electron chi connectivity index (χ3n) is 3.06. The second-order valence-corrected chi connectivity index (χ2v) is 5.56. The molecule has 22 heavy (non-hydrogen) atoms. The Kier molecular flexibility index (Phi) is 4.10. The molecule has 3 rings (SSSR count). The van der Waals surface area contributed by atoms with Crippen LogP contribution in [0.3, 0.4) is 0 Å². The van der Waals surface area contributed by atoms with E-state index in [9.17, 15) is 0 Å². The number of methoxy groups -OCH3 is 1. The number of aryl methyl sites for hydroxylation is 1. The van der Waals surface area contributed by atoms with Gasteiger partial charge in [-0.15, -0.1) is 10.2 Å². The van der Waals surface area contributed by atoms with Crippen molar-refractivity contribution < 1.29 is 9.26 Å². The third kappa shape index (κ3) is 2.96. The zero-order valence-electron chi connectivity index (χ0n) is 12.5. The SMILES string of the molecule is COc1cccc(-c2nnc(SCc3nc(C)no3)n2C)c1. The summed E-state index contributed by atoms with van der Waals surface area (Å²) in [4.78, 5) is 4.17. The lowest BCUT2D eigenvalue weighted by atomic mass is 10.2. The molecule has 0 aliphatic carbocycles. The van der Waals surface area contributed by atoms with E-state index in [0.717, 1.165) is 22.3 Å². The summed E-state index contributed by atoms with van der Waals surface area (Å²) in [5.74, 6) is 3.34. The van der Waals surface area contributed by atoms with Crippen molar-refractivity contribution in [3.8, 4) is 17.1 Å². The minimum Gasteiger partial charge on any atom is -0.497 e. The summed E-state index contributed by atoms with van der Waals surface area (Å²) in [6.07, 6.45) is 0. The van der Waals surface area contributed by atoms with Crippen molar-refractivity contribution in [1.29, 1.82) is 0 Å². The van der Waals surface area contributed by atoms with Crippen molar-refractivity contribution in [1.82, 2.24) is 24.9 Å². The highest BCUT2D eigenvalue weighted by Crippen LogP contribution is 2.26. The first-order valence-electron chi connectivity index (χ1n) is 6.63. The van der Waals surface area contributed by atoms with E-state index in [1.165, 1.54) is 11.8 Å². The molecule has 0 N–H and O–H groups in total. The predicted molar refractivity (Wildman–Crippen MR) is 81.6 cm³/mol. The molecule has 0 spiro atoms. The van der Waals surface area contributed by atoms with Crippen LogP contribution in [0.25, 0.3) is 11.4 Å². The summed E-state index contributed by atoms with van der Waals surface area (Å²) >= 11 is 1.50. The van der Waals surface area contributed by atoms with E-state index < -0.39 is 0 Å². The Bertz CT molecular complexity index is 783. The van der Waals surface area contributed by atoms with E-state index in [4.69, 9.17) is 9.26 Å². The van der Waals surface area contributed by atoms with Crippen LogP contribution in [0.5, 0.6) is 5.75 Å². The normalized spacial score (nSPS) is 10.9. The van der Waals surface area contributed by atoms with Gasteiger partial charge < -0.3 is 13.8 Å². The molecule has 7 nitrogen and oxygen atoms in total. The van der Waals surface area contributed by atoms with Gasteiger partial charge in [-0.05, 0) is 19.1 Å². The zero-order valence-corrected chi connectivity index (χ0v) is 13.3. The van der Waals surface area contributed by atoms with Crippen LogP contribution in [0.15, 0.2) is 33.9 Å². The summed E-state index contributed by atoms with van der Waals surface area (Å²) in [7, 11) is 3.57. The van der Waals surface area contributed by atoms with E-state index >= 15 is 0 Å². The van der Waals surface area contributed by atoms with Gasteiger partial charge in [-0.1, -0.05) is 29.1 Å². The number of nitrogens with zero attached hydrogens (tertiary/aromatic N) is 5. The minimum atomic E-state index is 0.560. The molecule has 0 radical (unpaired) electrons. The highest BCUT2D eigenvalue weighted by Gasteiger charge is 2.13. The molecule has 2 heterocycles. The molecule has 1 aromatic carbocycles. The molecular formula is C14H15N5O2S. The van der Waals surface area contributed by atoms with Gasteiger partial charge in [0.15, 0.2) is 16.8 Å². The maximum Gasteiger partial charge on any atom is 0.237 e. The summed E-state index contributed by atoms with van der Waals surface area (Å²) < 4.78 is 12.3. The quantitative estimate of drug-likeness (QED) is 0.669. The summed E-state index contributed by atoms with van der Waals surface area (Å²) in [5.41, 5.74) is 0.954. The molecule has 0 aliphatic rings. The van der Waals surface area contributed by atoms with Crippen LogP contribution < -0.4 is 4.74 Å². The highest BCUT2D eigenvalue weighted by atomic mass is 32.2. The first-order chi connectivity index (χ1) is 10.7. The molecule has 0 amide bonds. The zero-order chi connectivity index (χ0) is 15.5. The molecule has 0 saturated heterocycles. The Hall–Kier alpha value is -2.35. The molecule has 0 fully saturated rings. The van der Waals surface area contributed by atoms with Crippen molar-refractivity contribution >= 4 is 11.8 Å². The average molecular weight is 317 g/mol. The molecule has 8 heteroatoms. The van der Waals surface area contributed by atoms with Gasteiger partial charge in [0.1, 0.15) is 5.75 Å². The van der Waals surface area contributed by atoms with Crippen LogP contribution in [0, 0.1) is 6.92 Å². The minimum absolute atomic E-state index is 0.560. The van der Waals surface area contributed by atoms with E-state index in [0.29, 0.717) is 17.5 Å². The fourth-order valence-electron chi connectivity index (χ4n) is 1.98. The van der Waals surface area contributed by atoms with Crippen molar-refractivity contribution in [2.75, 3.05) is 7.11 Å². The van der Waals surface area contributed by atoms with Crippen LogP contribution >= 0.6 is 11.8 Å². The number of thioether (sulfide) groups is 1. The predicted octanol–water partition coefficient (Wildman–Crippen LogP) is 2.47. The molecule has 114 valence electrons. The Balaban J connectivity index is 1.79. The molecule has 2 aromatic heterocycles. The Morgan fingerprint density at radius 2 is 2.18 bits per heavy atom. The van der Waals surface area contributed by atoms with Gasteiger partial charge in [0.2, 0.25) is 5.89 Å². The van der Waals surface area contributed by atoms with E-state index in [1.54, 1.807) is 14.0 Å². The number of rotatable bonds is 5. The Labute approximate surface area is 131 Å². The molecule has 0 unspecified atom stereocenters. The maximum absolute atomic E-state index is 5.24. The van der Waals surface area contributed by atoms with Crippen LogP contribution in [0.2, 0.25) is 0 Å². The lowest BCUT2D eigenvalue weighted by Crippen LogP contribution is -1.95. The van der Waals surface area contributed by atoms with Gasteiger partial charge in [0.25, 0.3) is 0 Å². The third-order valence-corrected chi connectivity index (χ3v) is 4.06. The number of ether oxygens (including phenoxy) is 1. The van der Waals surface area contributed by atoms with Gasteiger partial charge in [-0.25, -0.2) is 0 Å². The van der Waals surface area contributed by atoms with Crippen molar-refractivity contribution in [2.45, 2.75) is 17.8 Å². The fraction of sp³-hybridized carbons (Fsp3) is 0.286. The molecular weight excluding hydrogens is 302 g/mol. The van der Waals surface area contributed by atoms with Crippen molar-refractivity contribution in [3.05, 3.63) is 36.0 Å². The largest absolute Gasteiger partial charge is 0.497 e. The van der Waals surface area contributed by atoms with Crippen LogP contribution in [0.4, 0.5) is 0 Å². The fourth-order valence-corrected chi connectivity index (χ4v) is 2.73. The molecule has 0 aliphatic heterocycles. The number of hydrogen-bond acceptors (Lipinski definition) is 7. The topological polar surface area (TPSA) is 78.9 Å². The Morgan fingerprint density at radius 1 is 1.32 bits per heavy atom. The van der Waals surface area contributed by atoms with Crippen LogP contribution in [-0.2, 0) is 12.8 Å². The van der Waals surface area contributed by atoms with E-state index in [2.05, 4.69) is 20.3 Å². The maximum atomic E-state index is 5.24. The lowest BCUT2D eigenvalue weighted by molar-refractivity contribution is 0.387. The molecule has 0 saturated carbocycles. The van der Waals surface area contributed by atoms with Gasteiger partial charge in [0, 0.05) is 12.6 Å². The number of benzene rings is 1. The van der Waals surface area contributed by atoms with Crippen molar-refractivity contribution in [3.63, 3.8) is 0 Å². The first kappa shape index (κ1) is 14.6. The van der Waals surface area contributed by atoms with Gasteiger partial charge in [0.05, 0.1) is 12.9 Å². The van der Waals surface area contributed by atoms with E-state index in [-0.39, 0.29) is 0 Å². The molecule has 0 bridgehead atoms. The second-order valence-electron chi connectivity index (χ2n) is 4.62. The summed E-state index contributed by atoms with van der Waals surface area (Å²) in [6.45, 7) is 1.79. The van der Waals surface area contributed by atoms with Crippen molar-refractivity contribution in [2.24, 2.45) is 7.05 Å². The van der Waals surface area contributed by atoms with E-state index in [1.807, 2.05) is 35.9 Å². The standard InChI is InChI=1S/C14H15N5O2S/c1-9-15-12(21-18-9)8-22-14-17-16-13(19(14)2)10-5-4-6-11(7-10)20-3/h4-7H,8H2,1-3H3. The first-order valence-corrected chi connectivity index (χ1v) is 7.61. The second kappa shape index (κ2) is 6.18. The van der Waals surface area contributed by atoms with Gasteiger partial charge >= 0.3 is 0 Å². The molecule has 3 aromatic rings. The lowest BCUT2D eigenvalue weighted by Gasteiger charge is -2.05. The average Bonchev–Trinajstić information content (AvgIpc) is 3.11. The monoisotopic (exact) mass is 317 g/mol. The number of hydrogen-bond donors (Lipinski definition) is 0. The van der Waals surface area contributed by atoms with Gasteiger partial charge in [-0.3, -0.25) is 0 Å². The molecule has 0 atom stereocenters. The summed E-state index contributed by atoms with van der Waals surface area (Å²) in [5, 5.41) is 13.0.